The molecule has 2 atom stereocenters. The molecular weight excluding hydrogens is 587 g/mol. The molecule has 0 spiro atoms. The van der Waals surface area contributed by atoms with Gasteiger partial charge >= 0.3 is 5.69 Å². The summed E-state index contributed by atoms with van der Waals surface area (Å²) in [4.78, 5) is 39.6. The Hall–Kier alpha value is -4.64. The van der Waals surface area contributed by atoms with E-state index in [4.69, 9.17) is 11.6 Å². The zero-order valence-corrected chi connectivity index (χ0v) is 25.5. The van der Waals surface area contributed by atoms with Gasteiger partial charge in [-0.3, -0.25) is 14.3 Å². The van der Waals surface area contributed by atoms with E-state index in [-0.39, 0.29) is 80.5 Å². The number of nitrogens with one attached hydrogen (secondary N) is 1. The van der Waals surface area contributed by atoms with Crippen LogP contribution in [-0.2, 0) is 4.79 Å². The number of pyridine rings is 1. The van der Waals surface area contributed by atoms with Crippen LogP contribution in [-0.4, -0.2) is 67.3 Å². The lowest BCUT2D eigenvalue weighted by Crippen LogP contribution is -2.60. The number of aromatic nitrogens is 3. The van der Waals surface area contributed by atoms with E-state index in [1.54, 1.807) is 17.2 Å². The van der Waals surface area contributed by atoms with E-state index in [1.165, 1.54) is 28.8 Å². The zero-order chi connectivity index (χ0) is 31.6. The Kier molecular flexibility index (Phi) is 7.23. The Bertz CT molecular complexity index is 1910. The molecule has 2 aliphatic rings. The summed E-state index contributed by atoms with van der Waals surface area (Å²) < 4.78 is 18.5. The van der Waals surface area contributed by atoms with Gasteiger partial charge in [-0.15, -0.1) is 0 Å². The molecule has 0 radical (unpaired) electrons. The van der Waals surface area contributed by atoms with Crippen LogP contribution in [0.4, 0.5) is 15.9 Å². The lowest BCUT2D eigenvalue weighted by atomic mass is 9.98. The van der Waals surface area contributed by atoms with Crippen molar-refractivity contribution in [2.45, 2.75) is 45.7 Å². The van der Waals surface area contributed by atoms with Crippen molar-refractivity contribution >= 4 is 39.9 Å². The van der Waals surface area contributed by atoms with E-state index < -0.39 is 11.5 Å². The second-order valence-corrected chi connectivity index (χ2v) is 12.0. The summed E-state index contributed by atoms with van der Waals surface area (Å²) in [6.45, 7) is 12.1. The lowest BCUT2D eigenvalue weighted by Gasteiger charge is -2.45. The van der Waals surface area contributed by atoms with E-state index in [0.717, 1.165) is 0 Å². The first-order valence-corrected chi connectivity index (χ1v) is 14.7. The number of hydrogen-bond donors (Lipinski definition) is 3. The van der Waals surface area contributed by atoms with Crippen molar-refractivity contribution in [3.05, 3.63) is 75.7 Å². The Balaban J connectivity index is 1.77. The normalized spacial score (nSPS) is 17.8. The fraction of sp³-hybridized carbons (Fsp3) is 0.312. The minimum absolute atomic E-state index is 0.0982. The van der Waals surface area contributed by atoms with Crippen molar-refractivity contribution in [3.8, 4) is 28.3 Å². The monoisotopic (exact) mass is 618 g/mol. The summed E-state index contributed by atoms with van der Waals surface area (Å²) in [5.74, 6) is -1.82. The van der Waals surface area contributed by atoms with Crippen molar-refractivity contribution in [1.82, 2.24) is 19.4 Å². The number of carbonyl (C=O) groups excluding carboxylic acids is 1. The molecule has 0 saturated carbocycles. The van der Waals surface area contributed by atoms with Gasteiger partial charge in [-0.1, -0.05) is 38.1 Å². The predicted octanol–water partition coefficient (Wildman–Crippen LogP) is 5.10. The van der Waals surface area contributed by atoms with Gasteiger partial charge in [-0.05, 0) is 49.6 Å². The standard InChI is InChI=1S/C32H32ClFN6O4/c1-6-21(43)38-14-18-12-36-28-24-30(26(34)23(25(28)33)22-19(41)8-7-9-20(22)42)40(29-16(4)10-11-35-27(29)15(2)3)32(44)37-31(24)39(18)13-17(38)5/h6-11,15,17-18,36,41-42H,1,12-14H2,2-5H3. The number of hydrogen-bond acceptors (Lipinski definition) is 8. The third kappa shape index (κ3) is 4.37. The predicted molar refractivity (Wildman–Crippen MR) is 169 cm³/mol. The molecule has 0 aliphatic carbocycles. The van der Waals surface area contributed by atoms with Crippen LogP contribution in [0.2, 0.25) is 5.02 Å². The van der Waals surface area contributed by atoms with Crippen LogP contribution in [0, 0.1) is 12.7 Å². The molecule has 2 aromatic heterocycles. The summed E-state index contributed by atoms with van der Waals surface area (Å²) in [6, 6.07) is 5.20. The molecule has 228 valence electrons. The number of phenolic OH excluding ortho intramolecular Hbond substituents is 2. The Labute approximate surface area is 258 Å². The van der Waals surface area contributed by atoms with Gasteiger partial charge in [0.15, 0.2) is 5.82 Å². The fourth-order valence-corrected chi connectivity index (χ4v) is 6.72. The van der Waals surface area contributed by atoms with Gasteiger partial charge in [0.25, 0.3) is 0 Å². The Morgan fingerprint density at radius 2 is 1.91 bits per heavy atom. The van der Waals surface area contributed by atoms with Crippen molar-refractivity contribution in [1.29, 1.82) is 0 Å². The van der Waals surface area contributed by atoms with E-state index in [0.29, 0.717) is 30.0 Å². The zero-order valence-electron chi connectivity index (χ0n) is 24.7. The highest BCUT2D eigenvalue weighted by molar-refractivity contribution is 6.38. The molecule has 0 bridgehead atoms. The molecule has 3 N–H and O–H groups in total. The Morgan fingerprint density at radius 1 is 1.20 bits per heavy atom. The number of piperazine rings is 1. The number of benzene rings is 2. The molecule has 2 unspecified atom stereocenters. The summed E-state index contributed by atoms with van der Waals surface area (Å²) in [7, 11) is 0. The SMILES string of the molecule is C=CC(=O)N1CC2CNc3c(Cl)c(-c4c(O)cccc4O)c(F)c4c3c(nc(=O)n4-c3c(C)ccnc3C(C)C)N2CC1C. The molecule has 1 amide bonds. The molecule has 4 aromatic rings. The smallest absolute Gasteiger partial charge is 0.354 e. The van der Waals surface area contributed by atoms with E-state index in [1.807, 2.05) is 32.6 Å². The molecule has 1 saturated heterocycles. The van der Waals surface area contributed by atoms with Gasteiger partial charge < -0.3 is 25.3 Å². The number of phenols is 2. The highest BCUT2D eigenvalue weighted by atomic mass is 35.5. The maximum absolute atomic E-state index is 17.3. The van der Waals surface area contributed by atoms with Crippen LogP contribution in [0.25, 0.3) is 27.7 Å². The molecule has 2 aliphatic heterocycles. The highest BCUT2D eigenvalue weighted by Crippen LogP contribution is 2.50. The fourth-order valence-electron chi connectivity index (χ4n) is 6.38. The minimum Gasteiger partial charge on any atom is -0.507 e. The molecule has 12 heteroatoms. The van der Waals surface area contributed by atoms with Crippen molar-refractivity contribution in [3.63, 3.8) is 0 Å². The molecule has 44 heavy (non-hydrogen) atoms. The largest absolute Gasteiger partial charge is 0.507 e. The van der Waals surface area contributed by atoms with E-state index in [2.05, 4.69) is 21.9 Å². The van der Waals surface area contributed by atoms with Crippen LogP contribution in [0.3, 0.4) is 0 Å². The number of aromatic hydroxyl groups is 2. The first kappa shape index (κ1) is 29.4. The summed E-state index contributed by atoms with van der Waals surface area (Å²) in [5, 5.41) is 25.1. The number of aryl methyl sites for hydroxylation is 1. The molecule has 1 fully saturated rings. The first-order valence-electron chi connectivity index (χ1n) is 14.3. The van der Waals surface area contributed by atoms with Crippen LogP contribution < -0.4 is 15.9 Å². The number of fused-ring (bicyclic) bond motifs is 2. The van der Waals surface area contributed by atoms with Gasteiger partial charge in [0.1, 0.15) is 22.8 Å². The summed E-state index contributed by atoms with van der Waals surface area (Å²) in [5.41, 5.74) is 0.579. The average molecular weight is 619 g/mol. The maximum atomic E-state index is 17.3. The van der Waals surface area contributed by atoms with E-state index >= 15 is 4.39 Å². The minimum atomic E-state index is -0.918. The average Bonchev–Trinajstić information content (AvgIpc) is 3.13. The maximum Gasteiger partial charge on any atom is 0.354 e. The van der Waals surface area contributed by atoms with Crippen LogP contribution >= 0.6 is 11.6 Å². The highest BCUT2D eigenvalue weighted by Gasteiger charge is 2.40. The number of rotatable bonds is 4. The van der Waals surface area contributed by atoms with Gasteiger partial charge in [0.05, 0.1) is 39.1 Å². The van der Waals surface area contributed by atoms with Crippen LogP contribution in [0.1, 0.15) is 37.9 Å². The number of amides is 1. The topological polar surface area (TPSA) is 124 Å². The molecule has 2 aromatic carbocycles. The van der Waals surface area contributed by atoms with Gasteiger partial charge in [0, 0.05) is 37.4 Å². The van der Waals surface area contributed by atoms with Crippen LogP contribution in [0.5, 0.6) is 11.5 Å². The molecule has 4 heterocycles. The van der Waals surface area contributed by atoms with Crippen molar-refractivity contribution in [2.75, 3.05) is 29.9 Å². The summed E-state index contributed by atoms with van der Waals surface area (Å²) in [6.07, 6.45) is 2.90. The van der Waals surface area contributed by atoms with Crippen LogP contribution in [0.15, 0.2) is 47.9 Å². The molecular formula is C32H32ClFN6O4. The first-order chi connectivity index (χ1) is 21.0. The molecule has 6 rings (SSSR count). The van der Waals surface area contributed by atoms with E-state index in [9.17, 15) is 19.8 Å². The second-order valence-electron chi connectivity index (χ2n) is 11.6. The number of halogens is 2. The van der Waals surface area contributed by atoms with Crippen molar-refractivity contribution in [2.24, 2.45) is 0 Å². The Morgan fingerprint density at radius 3 is 2.57 bits per heavy atom. The lowest BCUT2D eigenvalue weighted by molar-refractivity contribution is -0.128. The van der Waals surface area contributed by atoms with Gasteiger partial charge in [0.2, 0.25) is 5.91 Å². The summed E-state index contributed by atoms with van der Waals surface area (Å²) >= 11 is 6.98. The number of carbonyl (C=O) groups is 1. The number of anilines is 2. The third-order valence-electron chi connectivity index (χ3n) is 8.47. The van der Waals surface area contributed by atoms with Crippen molar-refractivity contribution < 1.29 is 19.4 Å². The second kappa shape index (κ2) is 10.8. The number of nitrogens with zero attached hydrogens (tertiary/aromatic N) is 5. The van der Waals surface area contributed by atoms with Gasteiger partial charge in [-0.2, -0.15) is 4.98 Å². The third-order valence-corrected chi connectivity index (χ3v) is 8.85. The van der Waals surface area contributed by atoms with Gasteiger partial charge in [-0.25, -0.2) is 9.18 Å². The quantitative estimate of drug-likeness (QED) is 0.270. The molecule has 10 nitrogen and oxygen atoms in total.